The van der Waals surface area contributed by atoms with E-state index in [0.29, 0.717) is 22.7 Å². The van der Waals surface area contributed by atoms with Crippen LogP contribution >= 0.6 is 0 Å². The van der Waals surface area contributed by atoms with Crippen LogP contribution < -0.4 is 15.0 Å². The first kappa shape index (κ1) is 29.4. The van der Waals surface area contributed by atoms with E-state index < -0.39 is 17.2 Å². The summed E-state index contributed by atoms with van der Waals surface area (Å²) in [4.78, 5) is 2.37. The lowest BCUT2D eigenvalue weighted by atomic mass is 9.76. The summed E-state index contributed by atoms with van der Waals surface area (Å²) >= 11 is 0. The average molecular weight is 527 g/mol. The van der Waals surface area contributed by atoms with Crippen LogP contribution in [0.15, 0.2) is 72.5 Å². The van der Waals surface area contributed by atoms with Crippen molar-refractivity contribution >= 4 is 11.4 Å². The van der Waals surface area contributed by atoms with E-state index in [4.69, 9.17) is 4.74 Å². The highest BCUT2D eigenvalue weighted by Gasteiger charge is 2.40. The number of alkyl halides is 3. The van der Waals surface area contributed by atoms with E-state index >= 15 is 0 Å². The van der Waals surface area contributed by atoms with Crippen LogP contribution in [0, 0.1) is 5.92 Å². The molecular weight excluding hydrogens is 485 g/mol. The second-order valence-corrected chi connectivity index (χ2v) is 11.4. The lowest BCUT2D eigenvalue weighted by Gasteiger charge is -2.30. The van der Waals surface area contributed by atoms with Gasteiger partial charge in [-0.1, -0.05) is 60.3 Å². The lowest BCUT2D eigenvalue weighted by molar-refractivity contribution is -0.137. The van der Waals surface area contributed by atoms with Crippen LogP contribution in [-0.4, -0.2) is 20.7 Å². The zero-order chi connectivity index (χ0) is 28.5. The van der Waals surface area contributed by atoms with E-state index in [0.717, 1.165) is 24.8 Å². The molecule has 3 rings (SSSR count). The van der Waals surface area contributed by atoms with Crippen molar-refractivity contribution in [1.82, 2.24) is 0 Å². The van der Waals surface area contributed by atoms with Gasteiger partial charge in [-0.2, -0.15) is 13.2 Å². The number of hydrogen-bond acceptors (Lipinski definition) is 3. The highest BCUT2D eigenvalue weighted by Crippen LogP contribution is 2.49. The van der Waals surface area contributed by atoms with Gasteiger partial charge in [0.05, 0.1) is 12.7 Å². The highest BCUT2D eigenvalue weighted by atomic mass is 19.4. The molecule has 1 aliphatic heterocycles. The number of methoxy groups -OCH3 is 1. The van der Waals surface area contributed by atoms with Crippen molar-refractivity contribution < 1.29 is 17.9 Å². The van der Waals surface area contributed by atoms with Crippen LogP contribution in [-0.2, 0) is 17.0 Å². The molecule has 0 aliphatic carbocycles. The Morgan fingerprint density at radius 1 is 1.13 bits per heavy atom. The van der Waals surface area contributed by atoms with Crippen LogP contribution in [0.3, 0.4) is 0 Å². The third-order valence-electron chi connectivity index (χ3n) is 7.67. The Morgan fingerprint density at radius 3 is 2.39 bits per heavy atom. The van der Waals surface area contributed by atoms with Gasteiger partial charge in [0.1, 0.15) is 5.75 Å². The highest BCUT2D eigenvalue weighted by molar-refractivity contribution is 5.72. The number of hydrogen-bond donors (Lipinski definition) is 1. The molecule has 0 amide bonds. The summed E-state index contributed by atoms with van der Waals surface area (Å²) in [6.07, 6.45) is 2.63. The minimum Gasteiger partial charge on any atom is -0.497 e. The number of rotatable bonds is 9. The summed E-state index contributed by atoms with van der Waals surface area (Å²) < 4.78 is 45.9. The molecule has 0 unspecified atom stereocenters. The van der Waals surface area contributed by atoms with Crippen LogP contribution in [0.5, 0.6) is 5.75 Å². The van der Waals surface area contributed by atoms with Crippen molar-refractivity contribution in [2.75, 3.05) is 30.9 Å². The first-order valence-electron chi connectivity index (χ1n) is 13.1. The Kier molecular flexibility index (Phi) is 8.45. The molecule has 206 valence electrons. The number of anilines is 2. The van der Waals surface area contributed by atoms with E-state index in [9.17, 15) is 13.2 Å². The van der Waals surface area contributed by atoms with Gasteiger partial charge in [-0.25, -0.2) is 0 Å². The number of benzene rings is 2. The topological polar surface area (TPSA) is 24.5 Å². The standard InChI is InChI=1S/C32H41F3N2O/c1-21(2)17-18-37-28-16-14-24(38-9)20-26(28)31(6,7)29(37)12-10-11-22(3)30(4,5)25-19-23(32(33,34)35)13-15-27(25)36-8/h10-16,19-21,36H,3,17-18H2,1-2,4-9H3/b11-10+,29-12+. The van der Waals surface area contributed by atoms with E-state index in [1.54, 1.807) is 14.2 Å². The predicted molar refractivity (Wildman–Crippen MR) is 153 cm³/mol. The molecule has 2 aromatic rings. The van der Waals surface area contributed by atoms with Crippen molar-refractivity contribution in [1.29, 1.82) is 0 Å². The van der Waals surface area contributed by atoms with Crippen LogP contribution in [0.4, 0.5) is 24.5 Å². The van der Waals surface area contributed by atoms with E-state index in [-0.39, 0.29) is 5.41 Å². The molecule has 1 heterocycles. The largest absolute Gasteiger partial charge is 0.497 e. The molecule has 0 fully saturated rings. The third kappa shape index (κ3) is 5.79. The fourth-order valence-electron chi connectivity index (χ4n) is 5.00. The average Bonchev–Trinajstić information content (AvgIpc) is 3.06. The predicted octanol–water partition coefficient (Wildman–Crippen LogP) is 8.87. The van der Waals surface area contributed by atoms with Gasteiger partial charge in [0.15, 0.2) is 0 Å². The molecule has 0 radical (unpaired) electrons. The third-order valence-corrected chi connectivity index (χ3v) is 7.67. The van der Waals surface area contributed by atoms with Crippen molar-refractivity contribution in [3.8, 4) is 5.75 Å². The number of nitrogens with one attached hydrogen (secondary N) is 1. The van der Waals surface area contributed by atoms with Crippen molar-refractivity contribution in [3.05, 3.63) is 89.2 Å². The summed E-state index contributed by atoms with van der Waals surface area (Å²) in [5, 5.41) is 3.03. The maximum Gasteiger partial charge on any atom is 0.416 e. The zero-order valence-corrected chi connectivity index (χ0v) is 23.9. The van der Waals surface area contributed by atoms with E-state index in [1.807, 2.05) is 32.1 Å². The van der Waals surface area contributed by atoms with Gasteiger partial charge in [0.2, 0.25) is 0 Å². The number of halogens is 3. The fourth-order valence-corrected chi connectivity index (χ4v) is 5.00. The van der Waals surface area contributed by atoms with Crippen molar-refractivity contribution in [2.24, 2.45) is 5.92 Å². The normalized spacial score (nSPS) is 16.4. The molecule has 0 atom stereocenters. The SMILES string of the molecule is C=C(/C=C/C=C1/N(CCC(C)C)c2ccc(OC)cc2C1(C)C)C(C)(C)c1cc(C(F)(F)F)ccc1NC. The summed E-state index contributed by atoms with van der Waals surface area (Å²) in [5.74, 6) is 1.39. The van der Waals surface area contributed by atoms with E-state index in [1.165, 1.54) is 29.1 Å². The van der Waals surface area contributed by atoms with Gasteiger partial charge in [-0.05, 0) is 71.5 Å². The number of allylic oxidation sites excluding steroid dienone is 5. The molecular formula is C32H41F3N2O. The maximum absolute atomic E-state index is 13.5. The van der Waals surface area contributed by atoms with Crippen LogP contribution in [0.25, 0.3) is 0 Å². The Hall–Kier alpha value is -3.15. The van der Waals surface area contributed by atoms with Crippen molar-refractivity contribution in [3.63, 3.8) is 0 Å². The second-order valence-electron chi connectivity index (χ2n) is 11.4. The smallest absolute Gasteiger partial charge is 0.416 e. The molecule has 0 spiro atoms. The monoisotopic (exact) mass is 526 g/mol. The minimum atomic E-state index is -4.41. The van der Waals surface area contributed by atoms with Crippen LogP contribution in [0.1, 0.15) is 64.7 Å². The van der Waals surface area contributed by atoms with E-state index in [2.05, 4.69) is 62.7 Å². The summed E-state index contributed by atoms with van der Waals surface area (Å²) in [7, 11) is 3.39. The van der Waals surface area contributed by atoms with Gasteiger partial charge >= 0.3 is 6.18 Å². The molecule has 3 nitrogen and oxygen atoms in total. The van der Waals surface area contributed by atoms with Gasteiger partial charge in [0, 0.05) is 41.5 Å². The molecule has 0 saturated heterocycles. The lowest BCUT2D eigenvalue weighted by Crippen LogP contribution is -2.27. The quantitative estimate of drug-likeness (QED) is 0.330. The molecule has 1 aliphatic rings. The van der Waals surface area contributed by atoms with Gasteiger partial charge in [-0.15, -0.1) is 0 Å². The second kappa shape index (κ2) is 10.9. The molecule has 0 bridgehead atoms. The zero-order valence-electron chi connectivity index (χ0n) is 23.9. The molecule has 2 aromatic carbocycles. The Balaban J connectivity index is 1.98. The summed E-state index contributed by atoms with van der Waals surface area (Å²) in [5.41, 5.74) is 3.83. The molecule has 38 heavy (non-hydrogen) atoms. The Labute approximate surface area is 226 Å². The first-order chi connectivity index (χ1) is 17.6. The Bertz CT molecular complexity index is 1240. The molecule has 1 N–H and O–H groups in total. The molecule has 0 aromatic heterocycles. The van der Waals surface area contributed by atoms with Crippen molar-refractivity contribution in [2.45, 2.75) is 65.0 Å². The van der Waals surface area contributed by atoms with Gasteiger partial charge in [-0.3, -0.25) is 0 Å². The van der Waals surface area contributed by atoms with Gasteiger partial charge in [0.25, 0.3) is 0 Å². The summed E-state index contributed by atoms with van der Waals surface area (Å²) in [6.45, 7) is 17.8. The number of fused-ring (bicyclic) bond motifs is 1. The first-order valence-corrected chi connectivity index (χ1v) is 13.1. The minimum absolute atomic E-state index is 0.248. The molecule has 0 saturated carbocycles. The maximum atomic E-state index is 13.5. The Morgan fingerprint density at radius 2 is 1.82 bits per heavy atom. The van der Waals surface area contributed by atoms with Gasteiger partial charge < -0.3 is 15.0 Å². The van der Waals surface area contributed by atoms with Crippen LogP contribution in [0.2, 0.25) is 0 Å². The molecule has 6 heteroatoms. The number of nitrogens with zero attached hydrogens (tertiary/aromatic N) is 1. The number of ether oxygens (including phenoxy) is 1. The summed E-state index contributed by atoms with van der Waals surface area (Å²) in [6, 6.07) is 10.0. The fraction of sp³-hybridized carbons (Fsp3) is 0.438.